The highest BCUT2D eigenvalue weighted by atomic mass is 16.3. The van der Waals surface area contributed by atoms with Crippen LogP contribution in [0.5, 0.6) is 0 Å². The van der Waals surface area contributed by atoms with Crippen molar-refractivity contribution in [2.45, 2.75) is 0 Å². The van der Waals surface area contributed by atoms with E-state index in [4.69, 9.17) is 13.8 Å². The van der Waals surface area contributed by atoms with E-state index < -0.39 is 0 Å². The van der Waals surface area contributed by atoms with E-state index in [2.05, 4.69) is 150 Å². The Balaban J connectivity index is 0.998. The molecule has 0 bridgehead atoms. The summed E-state index contributed by atoms with van der Waals surface area (Å²) in [5.41, 5.74) is 11.9. The van der Waals surface area contributed by atoms with Gasteiger partial charge in [-0.15, -0.1) is 0 Å². The third-order valence-corrected chi connectivity index (χ3v) is 9.72. The summed E-state index contributed by atoms with van der Waals surface area (Å²) in [5, 5.41) is 4.68. The van der Waals surface area contributed by atoms with Crippen LogP contribution in [-0.4, -0.2) is 4.98 Å². The van der Waals surface area contributed by atoms with Crippen molar-refractivity contribution < 1.29 is 8.83 Å². The zero-order chi connectivity index (χ0) is 33.7. The Morgan fingerprint density at radius 1 is 0.373 bits per heavy atom. The first kappa shape index (κ1) is 29.0. The summed E-state index contributed by atoms with van der Waals surface area (Å²) in [7, 11) is 0. The number of para-hydroxylation sites is 3. The molecule has 0 unspecified atom stereocenters. The van der Waals surface area contributed by atoms with E-state index in [1.807, 2.05) is 36.4 Å². The fourth-order valence-electron chi connectivity index (χ4n) is 7.25. The van der Waals surface area contributed by atoms with E-state index in [0.717, 1.165) is 66.8 Å². The minimum absolute atomic E-state index is 0.568. The van der Waals surface area contributed by atoms with Crippen molar-refractivity contribution in [3.63, 3.8) is 0 Å². The van der Waals surface area contributed by atoms with Gasteiger partial charge in [0.1, 0.15) is 16.7 Å². The first-order valence-corrected chi connectivity index (χ1v) is 17.1. The highest BCUT2D eigenvalue weighted by molar-refractivity contribution is 6.06. The number of rotatable bonds is 6. The molecule has 4 nitrogen and oxygen atoms in total. The Hall–Kier alpha value is -6.91. The van der Waals surface area contributed by atoms with Crippen LogP contribution in [0.3, 0.4) is 0 Å². The zero-order valence-corrected chi connectivity index (χ0v) is 27.5. The maximum absolute atomic E-state index is 6.32. The van der Waals surface area contributed by atoms with Crippen LogP contribution in [0.1, 0.15) is 0 Å². The molecule has 0 saturated heterocycles. The number of oxazole rings is 1. The summed E-state index contributed by atoms with van der Waals surface area (Å²) in [6.07, 6.45) is 0. The Bertz CT molecular complexity index is 2840. The molecule has 10 aromatic rings. The van der Waals surface area contributed by atoms with Crippen LogP contribution in [0, 0.1) is 0 Å². The van der Waals surface area contributed by atoms with Crippen molar-refractivity contribution >= 4 is 60.9 Å². The van der Waals surface area contributed by atoms with Gasteiger partial charge in [0.05, 0.1) is 0 Å². The fourth-order valence-corrected chi connectivity index (χ4v) is 7.25. The number of nitrogens with zero attached hydrogens (tertiary/aromatic N) is 2. The molecule has 2 aromatic heterocycles. The van der Waals surface area contributed by atoms with Gasteiger partial charge in [0.15, 0.2) is 5.58 Å². The lowest BCUT2D eigenvalue weighted by molar-refractivity contribution is 0.619. The average molecular weight is 655 g/mol. The van der Waals surface area contributed by atoms with Crippen molar-refractivity contribution in [3.05, 3.63) is 182 Å². The second kappa shape index (κ2) is 11.9. The van der Waals surface area contributed by atoms with Gasteiger partial charge in [-0.1, -0.05) is 115 Å². The van der Waals surface area contributed by atoms with E-state index in [0.29, 0.717) is 5.89 Å². The standard InChI is InChI=1S/C47H30N2O2/c1-2-12-35(13-3-1)49(36-25-20-32(21-26-36)39-16-8-11-31-10-4-5-14-38(31)39)37-27-22-33(23-28-37)40-17-9-19-44-46(40)48-47(51-44)34-24-29-42-41-15-6-7-18-43(41)50-45(42)30-34/h1-30H. The summed E-state index contributed by atoms with van der Waals surface area (Å²) in [4.78, 5) is 7.30. The van der Waals surface area contributed by atoms with Gasteiger partial charge < -0.3 is 13.7 Å². The molecule has 0 amide bonds. The number of benzene rings is 8. The van der Waals surface area contributed by atoms with E-state index in [1.54, 1.807) is 0 Å². The number of hydrogen-bond acceptors (Lipinski definition) is 4. The second-order valence-electron chi connectivity index (χ2n) is 12.8. The van der Waals surface area contributed by atoms with Crippen LogP contribution < -0.4 is 4.90 Å². The molecule has 0 radical (unpaired) electrons. The Kier molecular flexibility index (Phi) is 6.78. The third kappa shape index (κ3) is 5.04. The molecule has 8 aromatic carbocycles. The van der Waals surface area contributed by atoms with E-state index in [9.17, 15) is 0 Å². The molecule has 0 aliphatic carbocycles. The molecule has 10 rings (SSSR count). The van der Waals surface area contributed by atoms with Gasteiger partial charge in [0, 0.05) is 39.0 Å². The monoisotopic (exact) mass is 654 g/mol. The molecule has 0 saturated carbocycles. The van der Waals surface area contributed by atoms with Crippen LogP contribution >= 0.6 is 0 Å². The second-order valence-corrected chi connectivity index (χ2v) is 12.8. The first-order valence-electron chi connectivity index (χ1n) is 17.1. The Morgan fingerprint density at radius 2 is 0.941 bits per heavy atom. The van der Waals surface area contributed by atoms with Crippen molar-refractivity contribution in [2.24, 2.45) is 0 Å². The summed E-state index contributed by atoms with van der Waals surface area (Å²) in [6, 6.07) is 63.4. The molecule has 0 N–H and O–H groups in total. The van der Waals surface area contributed by atoms with Gasteiger partial charge in [-0.3, -0.25) is 0 Å². The van der Waals surface area contributed by atoms with Gasteiger partial charge in [0.25, 0.3) is 0 Å². The zero-order valence-electron chi connectivity index (χ0n) is 27.5. The van der Waals surface area contributed by atoms with Crippen LogP contribution in [-0.2, 0) is 0 Å². The van der Waals surface area contributed by atoms with Crippen LogP contribution in [0.2, 0.25) is 0 Å². The first-order chi connectivity index (χ1) is 25.3. The van der Waals surface area contributed by atoms with Crippen molar-refractivity contribution in [3.8, 4) is 33.7 Å². The minimum Gasteiger partial charge on any atom is -0.456 e. The van der Waals surface area contributed by atoms with Crippen molar-refractivity contribution in [1.82, 2.24) is 4.98 Å². The maximum Gasteiger partial charge on any atom is 0.227 e. The van der Waals surface area contributed by atoms with Gasteiger partial charge >= 0.3 is 0 Å². The van der Waals surface area contributed by atoms with Crippen LogP contribution in [0.25, 0.3) is 77.5 Å². The molecule has 0 spiro atoms. The summed E-state index contributed by atoms with van der Waals surface area (Å²) in [5.74, 6) is 0.568. The molecule has 0 atom stereocenters. The molecule has 2 heterocycles. The average Bonchev–Trinajstić information content (AvgIpc) is 3.81. The van der Waals surface area contributed by atoms with Crippen molar-refractivity contribution in [1.29, 1.82) is 0 Å². The van der Waals surface area contributed by atoms with E-state index >= 15 is 0 Å². The van der Waals surface area contributed by atoms with Gasteiger partial charge in [-0.2, -0.15) is 0 Å². The number of anilines is 3. The maximum atomic E-state index is 6.32. The van der Waals surface area contributed by atoms with E-state index in [-0.39, 0.29) is 0 Å². The number of furan rings is 1. The molecule has 0 aliphatic rings. The summed E-state index contributed by atoms with van der Waals surface area (Å²) < 4.78 is 12.5. The quantitative estimate of drug-likeness (QED) is 0.179. The lowest BCUT2D eigenvalue weighted by Gasteiger charge is -2.26. The SMILES string of the molecule is c1ccc(N(c2ccc(-c3cccc4ccccc34)cc2)c2ccc(-c3cccc4oc(-c5ccc6c(c5)oc5ccccc56)nc34)cc2)cc1. The van der Waals surface area contributed by atoms with Crippen molar-refractivity contribution in [2.75, 3.05) is 4.90 Å². The highest BCUT2D eigenvalue weighted by Crippen LogP contribution is 2.39. The Morgan fingerprint density at radius 3 is 1.75 bits per heavy atom. The predicted molar refractivity (Wildman–Crippen MR) is 210 cm³/mol. The third-order valence-electron chi connectivity index (χ3n) is 9.72. The molecule has 51 heavy (non-hydrogen) atoms. The summed E-state index contributed by atoms with van der Waals surface area (Å²) >= 11 is 0. The fraction of sp³-hybridized carbons (Fsp3) is 0. The Labute approximate surface area is 294 Å². The normalized spacial score (nSPS) is 11.5. The predicted octanol–water partition coefficient (Wildman–Crippen LogP) is 13.4. The molecule has 0 fully saturated rings. The molecule has 0 aliphatic heterocycles. The minimum atomic E-state index is 0.568. The van der Waals surface area contributed by atoms with E-state index in [1.165, 1.54) is 21.9 Å². The topological polar surface area (TPSA) is 42.4 Å². The van der Waals surface area contributed by atoms with Gasteiger partial charge in [0.2, 0.25) is 5.89 Å². The van der Waals surface area contributed by atoms with Crippen LogP contribution in [0.15, 0.2) is 191 Å². The molecular weight excluding hydrogens is 625 g/mol. The molecule has 240 valence electrons. The number of aromatic nitrogens is 1. The lowest BCUT2D eigenvalue weighted by Crippen LogP contribution is -2.09. The number of fused-ring (bicyclic) bond motifs is 5. The lowest BCUT2D eigenvalue weighted by atomic mass is 9.98. The molecular formula is C47H30N2O2. The summed E-state index contributed by atoms with van der Waals surface area (Å²) in [6.45, 7) is 0. The van der Waals surface area contributed by atoms with Gasteiger partial charge in [-0.05, 0) is 94.2 Å². The highest BCUT2D eigenvalue weighted by Gasteiger charge is 2.17. The smallest absolute Gasteiger partial charge is 0.227 e. The largest absolute Gasteiger partial charge is 0.456 e. The molecule has 4 heteroatoms. The van der Waals surface area contributed by atoms with Crippen LogP contribution in [0.4, 0.5) is 17.1 Å². The van der Waals surface area contributed by atoms with Gasteiger partial charge in [-0.25, -0.2) is 4.98 Å². The number of hydrogen-bond donors (Lipinski definition) is 0.